The molecule has 3 heterocycles. The first-order valence-electron chi connectivity index (χ1n) is 11.6. The molecule has 32 heavy (non-hydrogen) atoms. The molecule has 5 heteroatoms. The Labute approximate surface area is 189 Å². The number of hydrogen-bond acceptors (Lipinski definition) is 4. The minimum Gasteiger partial charge on any atom is -0.448 e. The van der Waals surface area contributed by atoms with Crippen molar-refractivity contribution in [1.82, 2.24) is 4.90 Å². The van der Waals surface area contributed by atoms with Gasteiger partial charge < -0.3 is 14.2 Å². The summed E-state index contributed by atoms with van der Waals surface area (Å²) >= 11 is 0. The zero-order valence-corrected chi connectivity index (χ0v) is 18.5. The standard InChI is InChI=1S/C27H29NO4/c1-27(16-31-17-27)12-18-10-19-13-30-14-20(11-18)28(19)26(29)32-15-25-23-8-4-2-6-21(23)22-7-3-5-9-24(22)25/h2-10,19-20,25H,11-17H2,1H3. The van der Waals surface area contributed by atoms with Crippen LogP contribution in [0.3, 0.4) is 0 Å². The Kier molecular flexibility index (Phi) is 4.85. The molecule has 1 aliphatic carbocycles. The molecule has 0 radical (unpaired) electrons. The van der Waals surface area contributed by atoms with Gasteiger partial charge in [0, 0.05) is 11.3 Å². The lowest BCUT2D eigenvalue weighted by atomic mass is 9.78. The van der Waals surface area contributed by atoms with Crippen LogP contribution in [0.1, 0.15) is 36.8 Å². The minimum atomic E-state index is -0.223. The molecule has 2 aromatic rings. The largest absolute Gasteiger partial charge is 0.448 e. The SMILES string of the molecule is CC1(CC2=CC3COCC(C2)N3C(=O)OCC2c3ccccc3-c3ccccc32)COC1. The Hall–Kier alpha value is -2.63. The number of benzene rings is 2. The Morgan fingerprint density at radius 1 is 1.03 bits per heavy atom. The summed E-state index contributed by atoms with van der Waals surface area (Å²) in [6.45, 7) is 5.40. The molecule has 2 unspecified atom stereocenters. The third-order valence-electron chi connectivity index (χ3n) is 7.38. The molecule has 0 saturated carbocycles. The molecule has 2 saturated heterocycles. The number of carbonyl (C=O) groups is 1. The van der Waals surface area contributed by atoms with Gasteiger partial charge in [0.1, 0.15) is 6.61 Å². The van der Waals surface area contributed by atoms with E-state index in [-0.39, 0.29) is 29.5 Å². The predicted octanol–water partition coefficient (Wildman–Crippen LogP) is 4.76. The maximum Gasteiger partial charge on any atom is 0.410 e. The number of morpholine rings is 1. The second-order valence-electron chi connectivity index (χ2n) is 9.98. The molecule has 2 bridgehead atoms. The lowest BCUT2D eigenvalue weighted by molar-refractivity contribution is -0.102. The van der Waals surface area contributed by atoms with Gasteiger partial charge in [0.25, 0.3) is 0 Å². The fourth-order valence-electron chi connectivity index (χ4n) is 5.87. The number of fused-ring (bicyclic) bond motifs is 5. The number of rotatable bonds is 4. The highest BCUT2D eigenvalue weighted by molar-refractivity contribution is 5.79. The van der Waals surface area contributed by atoms with E-state index in [0.29, 0.717) is 19.8 Å². The van der Waals surface area contributed by atoms with E-state index in [9.17, 15) is 4.79 Å². The molecule has 2 atom stereocenters. The van der Waals surface area contributed by atoms with Crippen molar-refractivity contribution in [2.24, 2.45) is 5.41 Å². The second kappa shape index (κ2) is 7.75. The van der Waals surface area contributed by atoms with Crippen molar-refractivity contribution in [3.05, 3.63) is 71.3 Å². The van der Waals surface area contributed by atoms with Gasteiger partial charge in [-0.3, -0.25) is 4.90 Å². The molecule has 5 nitrogen and oxygen atoms in total. The summed E-state index contributed by atoms with van der Waals surface area (Å²) in [6, 6.07) is 16.9. The van der Waals surface area contributed by atoms with E-state index in [2.05, 4.69) is 61.5 Å². The van der Waals surface area contributed by atoms with Crippen LogP contribution >= 0.6 is 0 Å². The maximum atomic E-state index is 13.3. The zero-order chi connectivity index (χ0) is 21.7. The van der Waals surface area contributed by atoms with E-state index in [4.69, 9.17) is 14.2 Å². The summed E-state index contributed by atoms with van der Waals surface area (Å²) in [7, 11) is 0. The van der Waals surface area contributed by atoms with Crippen LogP contribution in [0.4, 0.5) is 4.79 Å². The van der Waals surface area contributed by atoms with Gasteiger partial charge in [-0.2, -0.15) is 0 Å². The number of amides is 1. The highest BCUT2D eigenvalue weighted by atomic mass is 16.6. The summed E-state index contributed by atoms with van der Waals surface area (Å²) in [5.41, 5.74) is 6.63. The molecule has 0 spiro atoms. The van der Waals surface area contributed by atoms with Gasteiger partial charge in [-0.05, 0) is 35.1 Å². The van der Waals surface area contributed by atoms with Crippen LogP contribution in [0.15, 0.2) is 60.2 Å². The summed E-state index contributed by atoms with van der Waals surface area (Å²) in [5.74, 6) is 0.0805. The third-order valence-corrected chi connectivity index (χ3v) is 7.38. The monoisotopic (exact) mass is 431 g/mol. The van der Waals surface area contributed by atoms with Gasteiger partial charge >= 0.3 is 6.09 Å². The normalized spacial score (nSPS) is 25.4. The number of nitrogens with zero attached hydrogens (tertiary/aromatic N) is 1. The van der Waals surface area contributed by atoms with Crippen molar-refractivity contribution in [2.45, 2.75) is 37.8 Å². The first-order valence-corrected chi connectivity index (χ1v) is 11.6. The Bertz CT molecular complexity index is 1030. The van der Waals surface area contributed by atoms with E-state index >= 15 is 0 Å². The predicted molar refractivity (Wildman–Crippen MR) is 122 cm³/mol. The molecule has 2 aromatic carbocycles. The molecule has 1 amide bonds. The van der Waals surface area contributed by atoms with Gasteiger partial charge in [0.05, 0.1) is 38.5 Å². The van der Waals surface area contributed by atoms with Crippen molar-refractivity contribution in [2.75, 3.05) is 33.0 Å². The van der Waals surface area contributed by atoms with Gasteiger partial charge in [0.2, 0.25) is 0 Å². The molecular weight excluding hydrogens is 402 g/mol. The first-order chi connectivity index (χ1) is 15.6. The smallest absolute Gasteiger partial charge is 0.410 e. The minimum absolute atomic E-state index is 0.0438. The molecule has 0 N–H and O–H groups in total. The van der Waals surface area contributed by atoms with Crippen molar-refractivity contribution in [1.29, 1.82) is 0 Å². The van der Waals surface area contributed by atoms with Crippen LogP contribution in [0, 0.1) is 5.41 Å². The molecule has 6 rings (SSSR count). The maximum absolute atomic E-state index is 13.3. The van der Waals surface area contributed by atoms with E-state index in [1.54, 1.807) is 0 Å². The summed E-state index contributed by atoms with van der Waals surface area (Å²) in [4.78, 5) is 15.2. The van der Waals surface area contributed by atoms with Crippen molar-refractivity contribution < 1.29 is 19.0 Å². The molecular formula is C27H29NO4. The van der Waals surface area contributed by atoms with Crippen molar-refractivity contribution in [3.8, 4) is 11.1 Å². The van der Waals surface area contributed by atoms with Crippen LogP contribution in [0.5, 0.6) is 0 Å². The van der Waals surface area contributed by atoms with E-state index < -0.39 is 0 Å². The number of ether oxygens (including phenoxy) is 3. The van der Waals surface area contributed by atoms with Gasteiger partial charge in [-0.25, -0.2) is 4.79 Å². The third kappa shape index (κ3) is 3.35. The van der Waals surface area contributed by atoms with Crippen LogP contribution < -0.4 is 0 Å². The number of carbonyl (C=O) groups excluding carboxylic acids is 1. The summed E-state index contributed by atoms with van der Waals surface area (Å²) in [6.07, 6.45) is 3.91. The Morgan fingerprint density at radius 3 is 2.34 bits per heavy atom. The first kappa shape index (κ1) is 20.0. The quantitative estimate of drug-likeness (QED) is 0.655. The fourth-order valence-corrected chi connectivity index (χ4v) is 5.87. The van der Waals surface area contributed by atoms with Crippen molar-refractivity contribution >= 4 is 6.09 Å². The molecule has 3 aliphatic heterocycles. The molecule has 2 fully saturated rings. The lowest BCUT2D eigenvalue weighted by Gasteiger charge is -2.46. The highest BCUT2D eigenvalue weighted by Gasteiger charge is 2.42. The van der Waals surface area contributed by atoms with Crippen LogP contribution in [0.2, 0.25) is 0 Å². The lowest BCUT2D eigenvalue weighted by Crippen LogP contribution is -2.57. The van der Waals surface area contributed by atoms with Gasteiger partial charge in [0.15, 0.2) is 0 Å². The highest BCUT2D eigenvalue weighted by Crippen LogP contribution is 2.45. The Balaban J connectivity index is 1.18. The molecule has 4 aliphatic rings. The average Bonchev–Trinajstić information content (AvgIpc) is 3.09. The van der Waals surface area contributed by atoms with E-state index in [0.717, 1.165) is 26.1 Å². The summed E-state index contributed by atoms with van der Waals surface area (Å²) in [5, 5.41) is 0. The van der Waals surface area contributed by atoms with Crippen LogP contribution in [0.25, 0.3) is 11.1 Å². The van der Waals surface area contributed by atoms with Crippen molar-refractivity contribution in [3.63, 3.8) is 0 Å². The van der Waals surface area contributed by atoms with E-state index in [1.165, 1.54) is 27.8 Å². The zero-order valence-electron chi connectivity index (χ0n) is 18.5. The topological polar surface area (TPSA) is 48.0 Å². The van der Waals surface area contributed by atoms with Crippen LogP contribution in [-0.2, 0) is 14.2 Å². The average molecular weight is 432 g/mol. The molecule has 0 aromatic heterocycles. The number of hydrogen-bond donors (Lipinski definition) is 0. The fraction of sp³-hybridized carbons (Fsp3) is 0.444. The summed E-state index contributed by atoms with van der Waals surface area (Å²) < 4.78 is 17.2. The van der Waals surface area contributed by atoms with Gasteiger partial charge in [-0.1, -0.05) is 67.1 Å². The molecule has 166 valence electrons. The Morgan fingerprint density at radius 2 is 1.72 bits per heavy atom. The van der Waals surface area contributed by atoms with Crippen LogP contribution in [-0.4, -0.2) is 56.1 Å². The van der Waals surface area contributed by atoms with E-state index in [1.807, 2.05) is 4.90 Å². The second-order valence-corrected chi connectivity index (χ2v) is 9.98. The van der Waals surface area contributed by atoms with Gasteiger partial charge in [-0.15, -0.1) is 0 Å².